The number of carbonyl (C=O) groups excluding carboxylic acids is 4. The highest BCUT2D eigenvalue weighted by Gasteiger charge is 2.45. The van der Waals surface area contributed by atoms with E-state index in [0.29, 0.717) is 42.6 Å². The van der Waals surface area contributed by atoms with Gasteiger partial charge < -0.3 is 45.0 Å². The fraction of sp³-hybridized carbons (Fsp3) is 0.433. The number of rotatable bonds is 18. The van der Waals surface area contributed by atoms with E-state index in [1.54, 1.807) is 52.2 Å². The van der Waals surface area contributed by atoms with Gasteiger partial charge in [0.2, 0.25) is 17.7 Å². The van der Waals surface area contributed by atoms with Crippen LogP contribution in [-0.4, -0.2) is 158 Å². The third-order valence-corrected chi connectivity index (χ3v) is 16.0. The fourth-order valence-corrected chi connectivity index (χ4v) is 11.5. The Hall–Kier alpha value is -7.77. The lowest BCUT2D eigenvalue weighted by Gasteiger charge is -2.41. The number of piperidine rings is 1. The molecule has 0 aliphatic carbocycles. The molecule has 6 aromatic rings. The lowest BCUT2D eigenvalue weighted by molar-refractivity contribution is -0.144. The summed E-state index contributed by atoms with van der Waals surface area (Å²) in [5.74, 6) is -3.92. The summed E-state index contributed by atoms with van der Waals surface area (Å²) >= 11 is 6.93. The molecule has 0 unspecified atom stereocenters. The van der Waals surface area contributed by atoms with Crippen molar-refractivity contribution in [3.8, 4) is 40.2 Å². The Morgan fingerprint density at radius 1 is 0.963 bits per heavy atom. The first-order chi connectivity index (χ1) is 39.2. The number of ether oxygens (including phenoxy) is 2. The SMILES string of the molecule is C=C(F)C(=O)N1CCN(c2nc(OCCN3CCC(COCC(=O)N[C@H](C(=O)N4C[C@H](O)C[C@H]4C(=O)N[C@@H](C)c4ccc(-c5ccnn5C)cc4)C(C)(C)C)CC3)nc3c(F)c(-c4cc(O)cc5ccccc45)c(Cl)cc23)C[C@@H]1CC#N. The molecule has 22 heteroatoms. The number of aryl methyl sites for hydroxylation is 1. The fourth-order valence-electron chi connectivity index (χ4n) is 11.2. The number of halogens is 3. The van der Waals surface area contributed by atoms with Crippen LogP contribution in [0.25, 0.3) is 44.1 Å². The van der Waals surface area contributed by atoms with Crippen molar-refractivity contribution in [2.24, 2.45) is 18.4 Å². The molecule has 2 aromatic heterocycles. The number of nitrogens with zero attached hydrogens (tertiary/aromatic N) is 9. The first kappa shape index (κ1) is 58.9. The number of anilines is 1. The third-order valence-electron chi connectivity index (χ3n) is 15.7. The van der Waals surface area contributed by atoms with Crippen LogP contribution < -0.4 is 20.3 Å². The molecule has 82 heavy (non-hydrogen) atoms. The zero-order valence-corrected chi connectivity index (χ0v) is 47.3. The molecule has 19 nitrogen and oxygen atoms in total. The van der Waals surface area contributed by atoms with Gasteiger partial charge in [-0.2, -0.15) is 20.3 Å². The molecule has 5 atom stereocenters. The Labute approximate surface area is 479 Å². The van der Waals surface area contributed by atoms with Crippen molar-refractivity contribution in [1.82, 2.24) is 45.1 Å². The number of hydrogen-bond acceptors (Lipinski definition) is 14. The monoisotopic (exact) mass is 1140 g/mol. The van der Waals surface area contributed by atoms with Crippen LogP contribution in [0.4, 0.5) is 14.6 Å². The number of fused-ring (bicyclic) bond motifs is 2. The number of aliphatic hydroxyl groups excluding tert-OH is 1. The number of nitriles is 1. The maximum absolute atomic E-state index is 17.2. The maximum Gasteiger partial charge on any atom is 0.319 e. The van der Waals surface area contributed by atoms with Gasteiger partial charge in [-0.25, -0.2) is 8.78 Å². The molecule has 0 spiro atoms. The predicted octanol–water partition coefficient (Wildman–Crippen LogP) is 7.24. The highest BCUT2D eigenvalue weighted by atomic mass is 35.5. The number of phenolic OH excluding ortho intramolecular Hbond substituents is 1. The number of carbonyl (C=O) groups is 4. The molecule has 3 aliphatic rings. The molecule has 4 aromatic carbocycles. The number of β-amino-alcohol motifs (C(OH)–C–C–N with tert-alkyl or cyclic N) is 1. The third kappa shape index (κ3) is 13.1. The molecule has 5 heterocycles. The molecule has 0 radical (unpaired) electrons. The summed E-state index contributed by atoms with van der Waals surface area (Å²) in [5.41, 5.74) is 2.27. The number of aliphatic hydroxyl groups is 1. The van der Waals surface area contributed by atoms with E-state index in [0.717, 1.165) is 29.7 Å². The van der Waals surface area contributed by atoms with Crippen molar-refractivity contribution in [1.29, 1.82) is 5.26 Å². The van der Waals surface area contributed by atoms with Crippen molar-refractivity contribution in [3.05, 3.63) is 108 Å². The first-order valence-electron chi connectivity index (χ1n) is 27.5. The minimum Gasteiger partial charge on any atom is -0.508 e. The first-order valence-corrected chi connectivity index (χ1v) is 27.9. The summed E-state index contributed by atoms with van der Waals surface area (Å²) in [6.45, 7) is 12.6. The average Bonchev–Trinajstić information content (AvgIpc) is 2.65. The van der Waals surface area contributed by atoms with Crippen molar-refractivity contribution in [2.75, 3.05) is 70.5 Å². The maximum atomic E-state index is 17.2. The molecule has 3 saturated heterocycles. The smallest absolute Gasteiger partial charge is 0.319 e. The molecule has 0 bridgehead atoms. The molecular weight excluding hydrogens is 1080 g/mol. The largest absolute Gasteiger partial charge is 0.508 e. The minimum absolute atomic E-state index is 0.00888. The Morgan fingerprint density at radius 2 is 1.71 bits per heavy atom. The lowest BCUT2D eigenvalue weighted by Crippen LogP contribution is -2.58. The van der Waals surface area contributed by atoms with Crippen LogP contribution in [0, 0.1) is 28.5 Å². The summed E-state index contributed by atoms with van der Waals surface area (Å²) in [6, 6.07) is 20.3. The summed E-state index contributed by atoms with van der Waals surface area (Å²) in [5, 5.41) is 42.8. The van der Waals surface area contributed by atoms with E-state index in [2.05, 4.69) is 38.3 Å². The molecule has 4 amide bonds. The molecule has 3 aliphatic heterocycles. The van der Waals surface area contributed by atoms with Gasteiger partial charge in [0.25, 0.3) is 5.91 Å². The summed E-state index contributed by atoms with van der Waals surface area (Å²) in [7, 11) is 1.86. The Kier molecular flexibility index (Phi) is 18.1. The number of nitrogens with one attached hydrogen (secondary N) is 2. The van der Waals surface area contributed by atoms with E-state index in [1.807, 2.05) is 65.1 Å². The Balaban J connectivity index is 0.799. The van der Waals surface area contributed by atoms with Crippen LogP contribution in [0.5, 0.6) is 11.8 Å². The van der Waals surface area contributed by atoms with Crippen LogP contribution in [0.15, 0.2) is 91.4 Å². The quantitative estimate of drug-likeness (QED) is 0.0622. The van der Waals surface area contributed by atoms with Crippen molar-refractivity contribution in [2.45, 2.75) is 83.6 Å². The normalized spacial score (nSPS) is 18.8. The Morgan fingerprint density at radius 3 is 2.40 bits per heavy atom. The molecule has 4 N–H and O–H groups in total. The number of aromatic nitrogens is 4. The number of amides is 4. The lowest BCUT2D eigenvalue weighted by atomic mass is 9.85. The van der Waals surface area contributed by atoms with Crippen LogP contribution in [0.1, 0.15) is 65.0 Å². The van der Waals surface area contributed by atoms with E-state index >= 15 is 4.39 Å². The van der Waals surface area contributed by atoms with Crippen molar-refractivity contribution >= 4 is 62.7 Å². The second kappa shape index (κ2) is 25.2. The van der Waals surface area contributed by atoms with Crippen LogP contribution in [0.2, 0.25) is 5.02 Å². The van der Waals surface area contributed by atoms with E-state index in [4.69, 9.17) is 26.1 Å². The van der Waals surface area contributed by atoms with E-state index < -0.39 is 71.0 Å². The molecule has 3 fully saturated rings. The van der Waals surface area contributed by atoms with Gasteiger partial charge in [0, 0.05) is 63.3 Å². The second-order valence-corrected chi connectivity index (χ2v) is 22.9. The summed E-state index contributed by atoms with van der Waals surface area (Å²) < 4.78 is 45.3. The minimum atomic E-state index is -1.15. The standard InChI is InChI=1S/C60H68ClF2N11O8/c1-35(62)57(79)73-24-23-72(31-41(73)15-19-64)55-46-30-47(61)51(45-28-42(75)27-40-9-7-8-10-44(40)45)52(63)53(46)68-59(69-55)82-26-25-71-21-17-37(18-22-71)33-81-34-50(77)67-54(60(3,4)5)58(80)74-32-43(76)29-49(74)56(78)66-36(2)38-11-13-39(14-12-38)48-16-20-65-70(48)6/h7-14,16,20,27-28,30,36-37,41,43,49,54,75-76H,1,15,17-18,21-26,29,31-34H2,2-6H3,(H,66,78)(H,67,77)/t36-,41-,43+,49-,54+/m0/s1. The number of hydrogen-bond donors (Lipinski definition) is 4. The predicted molar refractivity (Wildman–Crippen MR) is 305 cm³/mol. The van der Waals surface area contributed by atoms with E-state index in [1.165, 1.54) is 15.9 Å². The summed E-state index contributed by atoms with van der Waals surface area (Å²) in [4.78, 5) is 70.2. The van der Waals surface area contributed by atoms with Crippen LogP contribution in [-0.2, 0) is 31.0 Å². The van der Waals surface area contributed by atoms with Gasteiger partial charge in [-0.1, -0.05) is 87.5 Å². The van der Waals surface area contributed by atoms with Crippen molar-refractivity contribution in [3.63, 3.8) is 0 Å². The van der Waals surface area contributed by atoms with Gasteiger partial charge >= 0.3 is 6.01 Å². The Bertz CT molecular complexity index is 3420. The van der Waals surface area contributed by atoms with Gasteiger partial charge in [-0.3, -0.25) is 28.8 Å². The van der Waals surface area contributed by atoms with Crippen LogP contribution in [0.3, 0.4) is 0 Å². The highest BCUT2D eigenvalue weighted by molar-refractivity contribution is 6.35. The van der Waals surface area contributed by atoms with E-state index in [-0.39, 0.29) is 97.2 Å². The van der Waals surface area contributed by atoms with Gasteiger partial charge in [-0.05, 0) is 95.9 Å². The van der Waals surface area contributed by atoms with Crippen LogP contribution >= 0.6 is 11.6 Å². The number of likely N-dealkylation sites (tertiary alicyclic amines) is 2. The topological polar surface area (TPSA) is 232 Å². The second-order valence-electron chi connectivity index (χ2n) is 22.5. The average molecular weight is 1140 g/mol. The molecule has 9 rings (SSSR count). The number of aromatic hydroxyl groups is 1. The van der Waals surface area contributed by atoms with Gasteiger partial charge in [0.15, 0.2) is 11.6 Å². The number of phenols is 1. The van der Waals surface area contributed by atoms with Gasteiger partial charge in [-0.15, -0.1) is 0 Å². The molecular formula is C60H68ClF2N11O8. The molecule has 0 saturated carbocycles. The number of benzene rings is 4. The summed E-state index contributed by atoms with van der Waals surface area (Å²) in [6.07, 6.45) is 2.25. The molecule has 432 valence electrons. The highest BCUT2D eigenvalue weighted by Crippen LogP contribution is 2.43. The van der Waals surface area contributed by atoms with Gasteiger partial charge in [0.05, 0.1) is 48.0 Å². The number of piperazine rings is 1. The van der Waals surface area contributed by atoms with Crippen molar-refractivity contribution < 1.29 is 47.6 Å². The zero-order chi connectivity index (χ0) is 58.6. The van der Waals surface area contributed by atoms with E-state index in [9.17, 15) is 39.0 Å². The zero-order valence-electron chi connectivity index (χ0n) is 46.6. The van der Waals surface area contributed by atoms with Gasteiger partial charge in [0.1, 0.15) is 42.4 Å².